The van der Waals surface area contributed by atoms with Gasteiger partial charge in [0.15, 0.2) is 17.5 Å². The third kappa shape index (κ3) is 3.05. The first-order valence-electron chi connectivity index (χ1n) is 5.69. The first-order valence-corrected chi connectivity index (χ1v) is 5.69. The van der Waals surface area contributed by atoms with E-state index in [0.29, 0.717) is 12.2 Å². The van der Waals surface area contributed by atoms with Gasteiger partial charge in [0.05, 0.1) is 5.56 Å². The van der Waals surface area contributed by atoms with Crippen molar-refractivity contribution in [1.29, 1.82) is 0 Å². The van der Waals surface area contributed by atoms with E-state index in [-0.39, 0.29) is 17.1 Å². The lowest BCUT2D eigenvalue weighted by Gasteiger charge is -2.05. The summed E-state index contributed by atoms with van der Waals surface area (Å²) in [5, 5.41) is 3.77. The number of halogens is 2. The van der Waals surface area contributed by atoms with Gasteiger partial charge in [0.2, 0.25) is 0 Å². The number of hydrogen-bond acceptors (Lipinski definition) is 5. The van der Waals surface area contributed by atoms with Gasteiger partial charge in [0.25, 0.3) is 5.89 Å². The smallest absolute Gasteiger partial charge is 0.260 e. The van der Waals surface area contributed by atoms with Gasteiger partial charge in [-0.3, -0.25) is 0 Å². The van der Waals surface area contributed by atoms with Crippen molar-refractivity contribution in [2.45, 2.75) is 6.42 Å². The van der Waals surface area contributed by atoms with Crippen molar-refractivity contribution in [3.8, 4) is 11.5 Å². The molecule has 0 spiro atoms. The highest BCUT2D eigenvalue weighted by Crippen LogP contribution is 2.26. The molecule has 2 rings (SSSR count). The third-order valence-electron chi connectivity index (χ3n) is 2.57. The van der Waals surface area contributed by atoms with E-state index in [0.717, 1.165) is 18.7 Å². The molecule has 0 unspecified atom stereocenters. The van der Waals surface area contributed by atoms with Crippen LogP contribution in [0.2, 0.25) is 0 Å². The fourth-order valence-corrected chi connectivity index (χ4v) is 1.54. The highest BCUT2D eigenvalue weighted by atomic mass is 19.2. The molecule has 0 bridgehead atoms. The van der Waals surface area contributed by atoms with Gasteiger partial charge in [-0.05, 0) is 20.2 Å². The van der Waals surface area contributed by atoms with Crippen molar-refractivity contribution in [3.63, 3.8) is 0 Å². The first kappa shape index (κ1) is 13.4. The molecule has 0 amide bonds. The second-order valence-corrected chi connectivity index (χ2v) is 4.42. The number of aromatic nitrogens is 2. The van der Waals surface area contributed by atoms with Crippen molar-refractivity contribution in [2.75, 3.05) is 26.4 Å². The number of benzene rings is 1. The molecule has 0 aliphatic rings. The van der Waals surface area contributed by atoms with Crippen LogP contribution in [0.25, 0.3) is 11.5 Å². The van der Waals surface area contributed by atoms with Crippen LogP contribution in [0.3, 0.4) is 0 Å². The Hall–Kier alpha value is -2.02. The van der Waals surface area contributed by atoms with Crippen molar-refractivity contribution >= 4 is 5.69 Å². The van der Waals surface area contributed by atoms with Crippen LogP contribution in [-0.2, 0) is 6.42 Å². The summed E-state index contributed by atoms with van der Waals surface area (Å²) in [6, 6.07) is 1.85. The van der Waals surface area contributed by atoms with Gasteiger partial charge in [-0.25, -0.2) is 8.78 Å². The number of nitrogens with zero attached hydrogens (tertiary/aromatic N) is 3. The number of nitrogens with two attached hydrogens (primary N) is 1. The monoisotopic (exact) mass is 268 g/mol. The number of likely N-dealkylation sites (N-methyl/N-ethyl adjacent to an activating group) is 1. The van der Waals surface area contributed by atoms with Crippen LogP contribution < -0.4 is 5.73 Å². The molecule has 0 aliphatic carbocycles. The fraction of sp³-hybridized carbons (Fsp3) is 0.333. The van der Waals surface area contributed by atoms with E-state index in [1.807, 2.05) is 19.0 Å². The predicted molar refractivity (Wildman–Crippen MR) is 66.3 cm³/mol. The van der Waals surface area contributed by atoms with Crippen LogP contribution in [0, 0.1) is 11.6 Å². The molecule has 7 heteroatoms. The molecule has 19 heavy (non-hydrogen) atoms. The molecule has 0 saturated heterocycles. The zero-order valence-electron chi connectivity index (χ0n) is 10.7. The molecule has 2 aromatic rings. The molecule has 0 aliphatic heterocycles. The summed E-state index contributed by atoms with van der Waals surface area (Å²) in [5.41, 5.74) is 5.86. The lowest BCUT2D eigenvalue weighted by Crippen LogP contribution is -2.15. The summed E-state index contributed by atoms with van der Waals surface area (Å²) in [5.74, 6) is -1.43. The van der Waals surface area contributed by atoms with Crippen LogP contribution in [0.1, 0.15) is 5.82 Å². The van der Waals surface area contributed by atoms with E-state index < -0.39 is 11.6 Å². The lowest BCUT2D eigenvalue weighted by molar-refractivity contribution is 0.392. The average molecular weight is 268 g/mol. The molecule has 2 N–H and O–H groups in total. The standard InChI is InChI=1S/C12H14F2N4O/c1-18(2)4-3-11-16-12(19-17-11)7-5-8(13)9(14)6-10(7)15/h5-6H,3-4,15H2,1-2H3. The molecule has 1 aromatic heterocycles. The SMILES string of the molecule is CN(C)CCc1noc(-c2cc(F)c(F)cc2N)n1. The summed E-state index contributed by atoms with van der Waals surface area (Å²) in [7, 11) is 3.85. The summed E-state index contributed by atoms with van der Waals surface area (Å²) >= 11 is 0. The van der Waals surface area contributed by atoms with E-state index in [9.17, 15) is 8.78 Å². The maximum Gasteiger partial charge on any atom is 0.260 e. The van der Waals surface area contributed by atoms with E-state index in [1.165, 1.54) is 0 Å². The lowest BCUT2D eigenvalue weighted by atomic mass is 10.1. The Morgan fingerprint density at radius 1 is 1.26 bits per heavy atom. The predicted octanol–water partition coefficient (Wildman–Crippen LogP) is 1.70. The van der Waals surface area contributed by atoms with Gasteiger partial charge in [-0.15, -0.1) is 0 Å². The summed E-state index contributed by atoms with van der Waals surface area (Å²) in [6.45, 7) is 0.756. The largest absolute Gasteiger partial charge is 0.398 e. The van der Waals surface area contributed by atoms with Crippen LogP contribution in [0.15, 0.2) is 16.7 Å². The van der Waals surface area contributed by atoms with Gasteiger partial charge in [-0.1, -0.05) is 5.16 Å². The zero-order chi connectivity index (χ0) is 14.0. The van der Waals surface area contributed by atoms with Gasteiger partial charge in [0, 0.05) is 24.7 Å². The van der Waals surface area contributed by atoms with Crippen molar-refractivity contribution in [1.82, 2.24) is 15.0 Å². The van der Waals surface area contributed by atoms with E-state index >= 15 is 0 Å². The summed E-state index contributed by atoms with van der Waals surface area (Å²) in [4.78, 5) is 6.08. The number of anilines is 1. The Labute approximate surface area is 109 Å². The highest BCUT2D eigenvalue weighted by molar-refractivity contribution is 5.70. The zero-order valence-corrected chi connectivity index (χ0v) is 10.7. The van der Waals surface area contributed by atoms with Crippen LogP contribution in [0.5, 0.6) is 0 Å². The minimum Gasteiger partial charge on any atom is -0.398 e. The van der Waals surface area contributed by atoms with Crippen molar-refractivity contribution in [3.05, 3.63) is 29.6 Å². The topological polar surface area (TPSA) is 68.2 Å². The second-order valence-electron chi connectivity index (χ2n) is 4.42. The van der Waals surface area contributed by atoms with Gasteiger partial charge in [-0.2, -0.15) is 4.98 Å². The van der Waals surface area contributed by atoms with Crippen molar-refractivity contribution < 1.29 is 13.3 Å². The quantitative estimate of drug-likeness (QED) is 0.855. The molecule has 5 nitrogen and oxygen atoms in total. The molecular weight excluding hydrogens is 254 g/mol. The third-order valence-corrected chi connectivity index (χ3v) is 2.57. The maximum atomic E-state index is 13.2. The van der Waals surface area contributed by atoms with E-state index in [4.69, 9.17) is 10.3 Å². The number of hydrogen-bond donors (Lipinski definition) is 1. The van der Waals surface area contributed by atoms with Gasteiger partial charge < -0.3 is 15.2 Å². The molecule has 0 atom stereocenters. The maximum absolute atomic E-state index is 13.2. The molecule has 1 aromatic carbocycles. The van der Waals surface area contributed by atoms with Crippen molar-refractivity contribution in [2.24, 2.45) is 0 Å². The number of rotatable bonds is 4. The fourth-order valence-electron chi connectivity index (χ4n) is 1.54. The van der Waals surface area contributed by atoms with Gasteiger partial charge >= 0.3 is 0 Å². The first-order chi connectivity index (χ1) is 8.97. The summed E-state index contributed by atoms with van der Waals surface area (Å²) in [6.07, 6.45) is 0.597. The minimum absolute atomic E-state index is 0.0571. The number of nitrogen functional groups attached to an aromatic ring is 1. The Balaban J connectivity index is 2.25. The normalized spacial score (nSPS) is 11.2. The molecule has 0 saturated carbocycles. The molecule has 0 fully saturated rings. The minimum atomic E-state index is -1.01. The van der Waals surface area contributed by atoms with Crippen LogP contribution >= 0.6 is 0 Å². The van der Waals surface area contributed by atoms with Gasteiger partial charge in [0.1, 0.15) is 0 Å². The molecule has 1 heterocycles. The molecule has 102 valence electrons. The van der Waals surface area contributed by atoms with E-state index in [1.54, 1.807) is 0 Å². The Kier molecular flexibility index (Phi) is 3.75. The highest BCUT2D eigenvalue weighted by Gasteiger charge is 2.15. The van der Waals surface area contributed by atoms with Crippen LogP contribution in [0.4, 0.5) is 14.5 Å². The Morgan fingerprint density at radius 3 is 2.63 bits per heavy atom. The Bertz CT molecular complexity index is 583. The Morgan fingerprint density at radius 2 is 1.95 bits per heavy atom. The van der Waals surface area contributed by atoms with E-state index in [2.05, 4.69) is 10.1 Å². The second kappa shape index (κ2) is 5.31. The summed E-state index contributed by atoms with van der Waals surface area (Å²) < 4.78 is 31.2. The molecule has 0 radical (unpaired) electrons. The average Bonchev–Trinajstić information content (AvgIpc) is 2.80. The van der Waals surface area contributed by atoms with Crippen LogP contribution in [-0.4, -0.2) is 35.7 Å². The molecular formula is C12H14F2N4O.